The van der Waals surface area contributed by atoms with Gasteiger partial charge in [0.05, 0.1) is 23.3 Å². The van der Waals surface area contributed by atoms with E-state index in [1.807, 2.05) is 0 Å². The first-order chi connectivity index (χ1) is 14.7. The molecule has 0 radical (unpaired) electrons. The van der Waals surface area contributed by atoms with Gasteiger partial charge in [0, 0.05) is 0 Å². The Bertz CT molecular complexity index is 1090. The summed E-state index contributed by atoms with van der Waals surface area (Å²) in [6, 6.07) is 12.6. The van der Waals surface area contributed by atoms with Crippen LogP contribution in [0.5, 0.6) is 5.75 Å². The Labute approximate surface area is 175 Å². The number of carbonyl (C=O) groups excluding carboxylic acids is 2. The number of hydrogen-bond acceptors (Lipinski definition) is 5. The molecular formula is C21H20F3N3O4. The minimum absolute atomic E-state index is 0.0981. The number of nitrogens with one attached hydrogen (secondary N) is 1. The van der Waals surface area contributed by atoms with Crippen LogP contribution in [0.25, 0.3) is 11.0 Å². The van der Waals surface area contributed by atoms with Gasteiger partial charge in [0.25, 0.3) is 5.91 Å². The predicted molar refractivity (Wildman–Crippen MR) is 107 cm³/mol. The number of anilines is 1. The number of esters is 1. The van der Waals surface area contributed by atoms with Crippen molar-refractivity contribution in [2.45, 2.75) is 32.7 Å². The average molecular weight is 435 g/mol. The zero-order chi connectivity index (χ0) is 22.6. The van der Waals surface area contributed by atoms with Crippen LogP contribution in [0.3, 0.4) is 0 Å². The van der Waals surface area contributed by atoms with Gasteiger partial charge in [-0.05, 0) is 38.1 Å². The van der Waals surface area contributed by atoms with Crippen molar-refractivity contribution in [1.82, 2.24) is 9.55 Å². The zero-order valence-electron chi connectivity index (χ0n) is 16.8. The molecular weight excluding hydrogens is 415 g/mol. The fraction of sp³-hybridized carbons (Fsp3) is 0.286. The molecule has 31 heavy (non-hydrogen) atoms. The summed E-state index contributed by atoms with van der Waals surface area (Å²) in [5, 5.41) is 2.58. The van der Waals surface area contributed by atoms with Gasteiger partial charge in [0.15, 0.2) is 6.10 Å². The van der Waals surface area contributed by atoms with Crippen molar-refractivity contribution in [3.05, 3.63) is 54.4 Å². The van der Waals surface area contributed by atoms with Gasteiger partial charge in [0.1, 0.15) is 12.3 Å². The first-order valence-electron chi connectivity index (χ1n) is 9.45. The number of ether oxygens (including phenoxy) is 2. The second-order valence-electron chi connectivity index (χ2n) is 6.56. The lowest BCUT2D eigenvalue weighted by Crippen LogP contribution is -2.32. The highest BCUT2D eigenvalue weighted by molar-refractivity contribution is 5.96. The summed E-state index contributed by atoms with van der Waals surface area (Å²) < 4.78 is 51.3. The maximum atomic E-state index is 13.4. The Kier molecular flexibility index (Phi) is 6.47. The lowest BCUT2D eigenvalue weighted by atomic mass is 10.2. The normalized spacial score (nSPS) is 12.4. The number of nitrogens with zero attached hydrogens (tertiary/aromatic N) is 2. The minimum Gasteiger partial charge on any atom is -0.492 e. The third kappa shape index (κ3) is 5.14. The third-order valence-electron chi connectivity index (χ3n) is 4.32. The van der Waals surface area contributed by atoms with Crippen LogP contribution < -0.4 is 10.1 Å². The summed E-state index contributed by atoms with van der Waals surface area (Å²) in [5.41, 5.74) is 0.618. The van der Waals surface area contributed by atoms with Gasteiger partial charge in [-0.2, -0.15) is 13.2 Å². The van der Waals surface area contributed by atoms with Gasteiger partial charge in [-0.1, -0.05) is 24.3 Å². The lowest BCUT2D eigenvalue weighted by Gasteiger charge is -2.16. The molecule has 3 aromatic rings. The maximum absolute atomic E-state index is 13.4. The summed E-state index contributed by atoms with van der Waals surface area (Å²) >= 11 is 0. The Morgan fingerprint density at radius 3 is 2.52 bits per heavy atom. The number of rotatable bonds is 7. The van der Waals surface area contributed by atoms with Crippen LogP contribution >= 0.6 is 0 Å². The quantitative estimate of drug-likeness (QED) is 0.567. The number of imidazole rings is 1. The van der Waals surface area contributed by atoms with Crippen molar-refractivity contribution in [1.29, 1.82) is 0 Å². The van der Waals surface area contributed by atoms with Crippen molar-refractivity contribution in [3.63, 3.8) is 0 Å². The minimum atomic E-state index is -4.76. The molecule has 0 saturated carbocycles. The third-order valence-corrected chi connectivity index (χ3v) is 4.32. The monoisotopic (exact) mass is 435 g/mol. The van der Waals surface area contributed by atoms with Gasteiger partial charge < -0.3 is 19.4 Å². The number of carbonyl (C=O) groups is 2. The molecule has 1 heterocycles. The molecule has 0 bridgehead atoms. The average Bonchev–Trinajstić information content (AvgIpc) is 3.08. The number of hydrogen-bond donors (Lipinski definition) is 1. The molecule has 1 amide bonds. The molecule has 0 aliphatic rings. The molecule has 1 atom stereocenters. The summed E-state index contributed by atoms with van der Waals surface area (Å²) in [5.74, 6) is -2.42. The molecule has 3 rings (SSSR count). The van der Waals surface area contributed by atoms with E-state index in [4.69, 9.17) is 9.47 Å². The highest BCUT2D eigenvalue weighted by Crippen LogP contribution is 2.31. The SMILES string of the molecule is CCOc1ccccc1NC(=O)C(C)OC(=O)Cn1c(C(F)(F)F)nc2ccccc21. The summed E-state index contributed by atoms with van der Waals surface area (Å²) in [6.07, 6.45) is -6.00. The molecule has 1 aromatic heterocycles. The largest absolute Gasteiger partial charge is 0.492 e. The van der Waals surface area contributed by atoms with Crippen LogP contribution in [0.2, 0.25) is 0 Å². The molecule has 164 valence electrons. The fourth-order valence-electron chi connectivity index (χ4n) is 2.95. The molecule has 1 N–H and O–H groups in total. The summed E-state index contributed by atoms with van der Waals surface area (Å²) in [4.78, 5) is 28.3. The van der Waals surface area contributed by atoms with Crippen molar-refractivity contribution in [2.24, 2.45) is 0 Å². The second-order valence-corrected chi connectivity index (χ2v) is 6.56. The van der Waals surface area contributed by atoms with Crippen molar-refractivity contribution >= 4 is 28.6 Å². The second kappa shape index (κ2) is 9.07. The Hall–Kier alpha value is -3.56. The van der Waals surface area contributed by atoms with E-state index in [9.17, 15) is 22.8 Å². The van der Waals surface area contributed by atoms with E-state index in [1.165, 1.54) is 25.1 Å². The number of aromatic nitrogens is 2. The molecule has 0 fully saturated rings. The standard InChI is InChI=1S/C21H20F3N3O4/c1-3-30-17-11-7-5-9-15(17)25-19(29)13(2)31-18(28)12-27-16-10-6-4-8-14(16)26-20(27)21(22,23)24/h4-11,13H,3,12H2,1-2H3,(H,25,29). The van der Waals surface area contributed by atoms with E-state index >= 15 is 0 Å². The fourth-order valence-corrected chi connectivity index (χ4v) is 2.95. The van der Waals surface area contributed by atoms with Gasteiger partial charge in [-0.15, -0.1) is 0 Å². The van der Waals surface area contributed by atoms with Gasteiger partial charge in [-0.3, -0.25) is 9.59 Å². The van der Waals surface area contributed by atoms with Crippen molar-refractivity contribution < 1.29 is 32.2 Å². The van der Waals surface area contributed by atoms with E-state index in [2.05, 4.69) is 10.3 Å². The highest BCUT2D eigenvalue weighted by atomic mass is 19.4. The molecule has 0 spiro atoms. The number of amides is 1. The molecule has 10 heteroatoms. The van der Waals surface area contributed by atoms with E-state index in [0.717, 1.165) is 4.57 Å². The Morgan fingerprint density at radius 1 is 1.13 bits per heavy atom. The maximum Gasteiger partial charge on any atom is 0.449 e. The first kappa shape index (κ1) is 22.1. The Balaban J connectivity index is 1.72. The van der Waals surface area contributed by atoms with Crippen LogP contribution in [0.1, 0.15) is 19.7 Å². The molecule has 0 aliphatic heterocycles. The molecule has 7 nitrogen and oxygen atoms in total. The molecule has 1 unspecified atom stereocenters. The number of fused-ring (bicyclic) bond motifs is 1. The van der Waals surface area contributed by atoms with Crippen LogP contribution in [-0.2, 0) is 27.0 Å². The van der Waals surface area contributed by atoms with Gasteiger partial charge >= 0.3 is 12.1 Å². The number of alkyl halides is 3. The highest BCUT2D eigenvalue weighted by Gasteiger charge is 2.38. The zero-order valence-corrected chi connectivity index (χ0v) is 16.8. The van der Waals surface area contributed by atoms with E-state index in [1.54, 1.807) is 37.3 Å². The van der Waals surface area contributed by atoms with Crippen LogP contribution in [-0.4, -0.2) is 34.1 Å². The lowest BCUT2D eigenvalue weighted by molar-refractivity contribution is -0.156. The summed E-state index contributed by atoms with van der Waals surface area (Å²) in [6.45, 7) is 2.76. The number of benzene rings is 2. The van der Waals surface area contributed by atoms with E-state index in [-0.39, 0.29) is 11.0 Å². The van der Waals surface area contributed by atoms with Crippen molar-refractivity contribution in [3.8, 4) is 5.75 Å². The van der Waals surface area contributed by atoms with Crippen LogP contribution in [0, 0.1) is 0 Å². The van der Waals surface area contributed by atoms with Gasteiger partial charge in [-0.25, -0.2) is 4.98 Å². The molecule has 2 aromatic carbocycles. The number of para-hydroxylation sites is 4. The van der Waals surface area contributed by atoms with Crippen molar-refractivity contribution in [2.75, 3.05) is 11.9 Å². The van der Waals surface area contributed by atoms with Gasteiger partial charge in [0.2, 0.25) is 5.82 Å². The smallest absolute Gasteiger partial charge is 0.449 e. The van der Waals surface area contributed by atoms with E-state index < -0.39 is 36.5 Å². The number of halogens is 3. The van der Waals surface area contributed by atoms with Crippen LogP contribution in [0.15, 0.2) is 48.5 Å². The molecule has 0 saturated heterocycles. The van der Waals surface area contributed by atoms with E-state index in [0.29, 0.717) is 18.0 Å². The molecule has 0 aliphatic carbocycles. The topological polar surface area (TPSA) is 82.5 Å². The van der Waals surface area contributed by atoms with Crippen LogP contribution in [0.4, 0.5) is 18.9 Å². The first-order valence-corrected chi connectivity index (χ1v) is 9.45. The summed E-state index contributed by atoms with van der Waals surface area (Å²) in [7, 11) is 0. The Morgan fingerprint density at radius 2 is 1.81 bits per heavy atom. The predicted octanol–water partition coefficient (Wildman–Crippen LogP) is 4.02.